The number of rotatable bonds is 10. The largest absolute Gasteiger partial charge is 0.352 e. The first-order valence-electron chi connectivity index (χ1n) is 14.0. The summed E-state index contributed by atoms with van der Waals surface area (Å²) in [6, 6.07) is 22.6. The maximum Gasteiger partial charge on any atom is 0.254 e. The minimum atomic E-state index is -3.75. The summed E-state index contributed by atoms with van der Waals surface area (Å²) in [5.74, 6) is 0.386. The van der Waals surface area contributed by atoms with Crippen molar-refractivity contribution < 1.29 is 13.2 Å². The highest BCUT2D eigenvalue weighted by molar-refractivity contribution is 7.89. The number of hydrogen-bond acceptors (Lipinski definition) is 6. The maximum absolute atomic E-state index is 13.4. The molecule has 0 bridgehead atoms. The highest BCUT2D eigenvalue weighted by Crippen LogP contribution is 2.35. The number of halogens is 1. The van der Waals surface area contributed by atoms with Gasteiger partial charge < -0.3 is 10.2 Å². The molecule has 5 rings (SSSR count). The van der Waals surface area contributed by atoms with Crippen LogP contribution in [-0.2, 0) is 29.3 Å². The molecule has 0 aliphatic carbocycles. The van der Waals surface area contributed by atoms with Crippen LogP contribution in [0.15, 0.2) is 83.9 Å². The molecule has 8 nitrogen and oxygen atoms in total. The van der Waals surface area contributed by atoms with Crippen LogP contribution in [0.3, 0.4) is 0 Å². The molecule has 2 heterocycles. The van der Waals surface area contributed by atoms with Crippen LogP contribution in [0.5, 0.6) is 0 Å². The number of primary sulfonamides is 1. The van der Waals surface area contributed by atoms with E-state index in [1.165, 1.54) is 28.8 Å². The maximum atomic E-state index is 13.4. The number of benzene rings is 3. The fourth-order valence-electron chi connectivity index (χ4n) is 5.37. The van der Waals surface area contributed by atoms with E-state index >= 15 is 0 Å². The quantitative estimate of drug-likeness (QED) is 0.258. The van der Waals surface area contributed by atoms with Crippen molar-refractivity contribution in [2.24, 2.45) is 5.14 Å². The molecule has 1 aliphatic heterocycles. The second-order valence-corrected chi connectivity index (χ2v) is 12.6. The van der Waals surface area contributed by atoms with Gasteiger partial charge in [0, 0.05) is 24.3 Å². The summed E-state index contributed by atoms with van der Waals surface area (Å²) in [7, 11) is -3.75. The first kappa shape index (κ1) is 29.7. The van der Waals surface area contributed by atoms with Crippen molar-refractivity contribution in [1.29, 1.82) is 0 Å². The zero-order valence-electron chi connectivity index (χ0n) is 23.5. The van der Waals surface area contributed by atoms with E-state index in [9.17, 15) is 13.2 Å². The van der Waals surface area contributed by atoms with Crippen molar-refractivity contribution in [2.75, 3.05) is 18.0 Å². The summed E-state index contributed by atoms with van der Waals surface area (Å²) < 4.78 is 23.0. The van der Waals surface area contributed by atoms with E-state index in [1.807, 2.05) is 24.3 Å². The first-order valence-corrected chi connectivity index (χ1v) is 15.9. The Bertz CT molecular complexity index is 1660. The molecule has 10 heteroatoms. The third-order valence-electron chi connectivity index (χ3n) is 7.71. The monoisotopic (exact) mass is 603 g/mol. The lowest BCUT2D eigenvalue weighted by atomic mass is 10.0. The standard InChI is InChI=1S/C32H34ClN5O3S/c1-22-5-2-3-6-24(22)12-17-29-28(31(39)35-19-18-23-8-15-27(16-9-23)42(34,40)41)21-36-32(37-29)38-20-4-7-30(38)25-10-13-26(33)14-11-25/h2-3,5-6,8-11,13-16,21,30H,4,7,12,17-20H2,1H3,(H,35,39)(H2,34,40,41)/t30-/m1/s1. The van der Waals surface area contributed by atoms with E-state index in [1.54, 1.807) is 18.3 Å². The van der Waals surface area contributed by atoms with Crippen LogP contribution < -0.4 is 15.4 Å². The summed E-state index contributed by atoms with van der Waals surface area (Å²) in [5.41, 5.74) is 5.64. The molecular formula is C32H34ClN5O3S. The predicted molar refractivity (Wildman–Crippen MR) is 165 cm³/mol. The average molecular weight is 604 g/mol. The Morgan fingerprint density at radius 2 is 1.76 bits per heavy atom. The van der Waals surface area contributed by atoms with E-state index in [2.05, 4.69) is 46.4 Å². The van der Waals surface area contributed by atoms with Gasteiger partial charge in [-0.1, -0.05) is 60.1 Å². The third kappa shape index (κ3) is 7.15. The fourth-order valence-corrected chi connectivity index (χ4v) is 6.01. The van der Waals surface area contributed by atoms with Gasteiger partial charge in [0.15, 0.2) is 0 Å². The van der Waals surface area contributed by atoms with Gasteiger partial charge in [-0.15, -0.1) is 0 Å². The molecule has 0 saturated carbocycles. The molecule has 0 unspecified atom stereocenters. The third-order valence-corrected chi connectivity index (χ3v) is 8.89. The van der Waals surface area contributed by atoms with Gasteiger partial charge in [-0.05, 0) is 85.5 Å². The minimum Gasteiger partial charge on any atom is -0.352 e. The molecule has 3 N–H and O–H groups in total. The van der Waals surface area contributed by atoms with E-state index in [-0.39, 0.29) is 16.8 Å². The second kappa shape index (κ2) is 13.0. The Kier molecular flexibility index (Phi) is 9.21. The predicted octanol–water partition coefficient (Wildman–Crippen LogP) is 5.19. The lowest BCUT2D eigenvalue weighted by Gasteiger charge is -2.26. The summed E-state index contributed by atoms with van der Waals surface area (Å²) in [6.07, 6.45) is 5.53. The molecule has 42 heavy (non-hydrogen) atoms. The van der Waals surface area contributed by atoms with Gasteiger partial charge in [-0.3, -0.25) is 4.79 Å². The first-order chi connectivity index (χ1) is 20.2. The van der Waals surface area contributed by atoms with Gasteiger partial charge in [-0.25, -0.2) is 23.5 Å². The molecule has 4 aromatic rings. The van der Waals surface area contributed by atoms with E-state index < -0.39 is 10.0 Å². The molecule has 3 aromatic carbocycles. The molecule has 1 aromatic heterocycles. The van der Waals surface area contributed by atoms with Crippen LogP contribution in [0, 0.1) is 6.92 Å². The molecule has 1 saturated heterocycles. The zero-order valence-corrected chi connectivity index (χ0v) is 25.0. The number of aromatic nitrogens is 2. The lowest BCUT2D eigenvalue weighted by molar-refractivity contribution is 0.0952. The smallest absolute Gasteiger partial charge is 0.254 e. The van der Waals surface area contributed by atoms with Crippen LogP contribution in [-0.4, -0.2) is 37.4 Å². The number of carbonyl (C=O) groups excluding carboxylic acids is 1. The number of carbonyl (C=O) groups is 1. The van der Waals surface area contributed by atoms with Crippen molar-refractivity contribution in [3.8, 4) is 0 Å². The Balaban J connectivity index is 1.35. The number of anilines is 1. The molecule has 1 fully saturated rings. The van der Waals surface area contributed by atoms with Gasteiger partial charge in [0.05, 0.1) is 22.2 Å². The summed E-state index contributed by atoms with van der Waals surface area (Å²) in [4.78, 5) is 25.3. The van der Waals surface area contributed by atoms with Crippen LogP contribution in [0.25, 0.3) is 0 Å². The average Bonchev–Trinajstić information content (AvgIpc) is 3.47. The van der Waals surface area contributed by atoms with Crippen molar-refractivity contribution in [1.82, 2.24) is 15.3 Å². The molecule has 218 valence electrons. The van der Waals surface area contributed by atoms with Crippen LogP contribution in [0.1, 0.15) is 57.2 Å². The van der Waals surface area contributed by atoms with Crippen molar-refractivity contribution in [2.45, 2.75) is 50.0 Å². The zero-order chi connectivity index (χ0) is 29.7. The molecule has 1 aliphatic rings. The number of nitrogens with two attached hydrogens (primary N) is 1. The van der Waals surface area contributed by atoms with Gasteiger partial charge in [0.25, 0.3) is 5.91 Å². The van der Waals surface area contributed by atoms with Crippen molar-refractivity contribution >= 4 is 33.5 Å². The Morgan fingerprint density at radius 3 is 2.48 bits per heavy atom. The summed E-state index contributed by atoms with van der Waals surface area (Å²) >= 11 is 6.13. The number of hydrogen-bond donors (Lipinski definition) is 2. The summed E-state index contributed by atoms with van der Waals surface area (Å²) in [6.45, 7) is 3.29. The highest BCUT2D eigenvalue weighted by Gasteiger charge is 2.29. The fraction of sp³-hybridized carbons (Fsp3) is 0.281. The van der Waals surface area contributed by atoms with E-state index in [0.717, 1.165) is 31.4 Å². The molecular weight excluding hydrogens is 570 g/mol. The second-order valence-electron chi connectivity index (χ2n) is 10.6. The van der Waals surface area contributed by atoms with Crippen molar-refractivity contribution in [3.05, 3.63) is 118 Å². The van der Waals surface area contributed by atoms with E-state index in [4.69, 9.17) is 21.7 Å². The number of amides is 1. The van der Waals surface area contributed by atoms with Gasteiger partial charge in [0.2, 0.25) is 16.0 Å². The van der Waals surface area contributed by atoms with E-state index in [0.29, 0.717) is 41.6 Å². The lowest BCUT2D eigenvalue weighted by Crippen LogP contribution is -2.29. The normalized spacial score (nSPS) is 15.1. The SMILES string of the molecule is Cc1ccccc1CCc1nc(N2CCC[C@@H]2c2ccc(Cl)cc2)ncc1C(=O)NCCc1ccc(S(N)(=O)=O)cc1. The molecule has 0 radical (unpaired) electrons. The number of nitrogens with zero attached hydrogens (tertiary/aromatic N) is 3. The topological polar surface area (TPSA) is 118 Å². The van der Waals surface area contributed by atoms with Gasteiger partial charge in [-0.2, -0.15) is 0 Å². The van der Waals surface area contributed by atoms with Gasteiger partial charge >= 0.3 is 0 Å². The Morgan fingerprint density at radius 1 is 1.02 bits per heavy atom. The minimum absolute atomic E-state index is 0.0575. The Labute approximate surface area is 252 Å². The molecule has 1 atom stereocenters. The summed E-state index contributed by atoms with van der Waals surface area (Å²) in [5, 5.41) is 8.87. The highest BCUT2D eigenvalue weighted by atomic mass is 35.5. The van der Waals surface area contributed by atoms with Crippen LogP contribution in [0.2, 0.25) is 5.02 Å². The Hall–Kier alpha value is -3.79. The van der Waals surface area contributed by atoms with Crippen LogP contribution >= 0.6 is 11.6 Å². The number of sulfonamides is 1. The van der Waals surface area contributed by atoms with Gasteiger partial charge in [0.1, 0.15) is 0 Å². The molecule has 1 amide bonds. The number of nitrogens with one attached hydrogen (secondary N) is 1. The van der Waals surface area contributed by atoms with Crippen LogP contribution in [0.4, 0.5) is 5.95 Å². The molecule has 0 spiro atoms. The van der Waals surface area contributed by atoms with Crippen molar-refractivity contribution in [3.63, 3.8) is 0 Å². The number of aryl methyl sites for hydroxylation is 3.